The average molecular weight is 357 g/mol. The number of nitrogens with zero attached hydrogens (tertiary/aromatic N) is 1. The van der Waals surface area contributed by atoms with Crippen LogP contribution in [-0.4, -0.2) is 32.8 Å². The summed E-state index contributed by atoms with van der Waals surface area (Å²) < 4.78 is 6.64. The molecule has 120 valence electrons. The van der Waals surface area contributed by atoms with Gasteiger partial charge in [0.25, 0.3) is 0 Å². The fourth-order valence-electron chi connectivity index (χ4n) is 2.40. The highest BCUT2D eigenvalue weighted by Gasteiger charge is 2.15. The Morgan fingerprint density at radius 2 is 2.05 bits per heavy atom. The van der Waals surface area contributed by atoms with E-state index in [4.69, 9.17) is 4.74 Å². The molecule has 1 atom stereocenters. The van der Waals surface area contributed by atoms with Gasteiger partial charge in [-0.25, -0.2) is 0 Å². The summed E-state index contributed by atoms with van der Waals surface area (Å²) >= 11 is 3.60. The molecule has 0 fully saturated rings. The van der Waals surface area contributed by atoms with Crippen molar-refractivity contribution in [2.45, 2.75) is 40.2 Å². The van der Waals surface area contributed by atoms with E-state index in [-0.39, 0.29) is 0 Å². The van der Waals surface area contributed by atoms with E-state index in [9.17, 15) is 0 Å². The first-order chi connectivity index (χ1) is 10.1. The third-order valence-corrected chi connectivity index (χ3v) is 4.08. The third kappa shape index (κ3) is 5.97. The van der Waals surface area contributed by atoms with Crippen molar-refractivity contribution in [2.24, 2.45) is 0 Å². The van der Waals surface area contributed by atoms with Crippen LogP contribution in [-0.2, 0) is 4.74 Å². The van der Waals surface area contributed by atoms with Crippen molar-refractivity contribution < 1.29 is 4.74 Å². The molecule has 0 amide bonds. The first-order valence-corrected chi connectivity index (χ1v) is 8.78. The van der Waals surface area contributed by atoms with Crippen molar-refractivity contribution in [3.63, 3.8) is 0 Å². The summed E-state index contributed by atoms with van der Waals surface area (Å²) in [7, 11) is 0. The number of halogens is 1. The molecule has 0 radical (unpaired) electrons. The second-order valence-corrected chi connectivity index (χ2v) is 6.07. The lowest BCUT2D eigenvalue weighted by Crippen LogP contribution is -2.30. The van der Waals surface area contributed by atoms with Crippen LogP contribution in [0.1, 0.15) is 45.7 Å². The predicted molar refractivity (Wildman–Crippen MR) is 95.2 cm³/mol. The second-order valence-electron chi connectivity index (χ2n) is 5.16. The monoisotopic (exact) mass is 356 g/mol. The van der Waals surface area contributed by atoms with E-state index < -0.39 is 0 Å². The van der Waals surface area contributed by atoms with Gasteiger partial charge in [0.05, 0.1) is 6.61 Å². The first kappa shape index (κ1) is 18.5. The Morgan fingerprint density at radius 3 is 2.67 bits per heavy atom. The quantitative estimate of drug-likeness (QED) is 0.629. The molecule has 1 rings (SSSR count). The molecular formula is C17H29BrN2O. The molecule has 1 aromatic rings. The second kappa shape index (κ2) is 10.2. The smallest absolute Gasteiger partial charge is 0.0641 e. The average Bonchev–Trinajstić information content (AvgIpc) is 2.49. The van der Waals surface area contributed by atoms with Gasteiger partial charge in [0, 0.05) is 35.9 Å². The van der Waals surface area contributed by atoms with Crippen LogP contribution < -0.4 is 10.2 Å². The molecule has 0 spiro atoms. The summed E-state index contributed by atoms with van der Waals surface area (Å²) in [5.41, 5.74) is 2.65. The fraction of sp³-hybridized carbons (Fsp3) is 0.647. The van der Waals surface area contributed by atoms with Gasteiger partial charge in [-0.3, -0.25) is 0 Å². The van der Waals surface area contributed by atoms with Gasteiger partial charge in [-0.05, 0) is 57.5 Å². The molecule has 0 saturated carbocycles. The van der Waals surface area contributed by atoms with Crippen molar-refractivity contribution in [3.8, 4) is 0 Å². The molecule has 4 heteroatoms. The molecule has 1 unspecified atom stereocenters. The number of benzene rings is 1. The molecule has 3 nitrogen and oxygen atoms in total. The minimum Gasteiger partial charge on any atom is -0.380 e. The zero-order valence-corrected chi connectivity index (χ0v) is 15.4. The maximum absolute atomic E-state index is 5.51. The van der Waals surface area contributed by atoms with Gasteiger partial charge in [-0.1, -0.05) is 22.9 Å². The van der Waals surface area contributed by atoms with E-state index in [1.165, 1.54) is 11.3 Å². The largest absolute Gasteiger partial charge is 0.380 e. The molecule has 21 heavy (non-hydrogen) atoms. The molecule has 0 bridgehead atoms. The van der Waals surface area contributed by atoms with Gasteiger partial charge in [0.2, 0.25) is 0 Å². The summed E-state index contributed by atoms with van der Waals surface area (Å²) in [4.78, 5) is 2.39. The van der Waals surface area contributed by atoms with Gasteiger partial charge in [-0.2, -0.15) is 0 Å². The predicted octanol–water partition coefficient (Wildman–Crippen LogP) is 4.37. The van der Waals surface area contributed by atoms with E-state index in [2.05, 4.69) is 65.1 Å². The topological polar surface area (TPSA) is 24.5 Å². The lowest BCUT2D eigenvalue weighted by atomic mass is 10.0. The summed E-state index contributed by atoms with van der Waals surface area (Å²) in [6.07, 6.45) is 1.15. The van der Waals surface area contributed by atoms with Crippen LogP contribution in [0.15, 0.2) is 22.7 Å². The highest BCUT2D eigenvalue weighted by Crippen LogP contribution is 2.29. The highest BCUT2D eigenvalue weighted by atomic mass is 79.9. The number of rotatable bonds is 10. The molecule has 1 aromatic carbocycles. The summed E-state index contributed by atoms with van der Waals surface area (Å²) in [5.74, 6) is 0. The zero-order chi connectivity index (χ0) is 15.7. The molecule has 0 aliphatic rings. The van der Waals surface area contributed by atoms with Crippen molar-refractivity contribution in [1.82, 2.24) is 5.32 Å². The highest BCUT2D eigenvalue weighted by molar-refractivity contribution is 9.10. The molecule has 0 saturated heterocycles. The zero-order valence-electron chi connectivity index (χ0n) is 13.8. The Morgan fingerprint density at radius 1 is 1.29 bits per heavy atom. The minimum atomic E-state index is 0.346. The van der Waals surface area contributed by atoms with E-state index in [0.717, 1.165) is 43.7 Å². The van der Waals surface area contributed by atoms with Gasteiger partial charge in [0.1, 0.15) is 0 Å². The van der Waals surface area contributed by atoms with E-state index in [0.29, 0.717) is 6.04 Å². The Kier molecular flexibility index (Phi) is 8.97. The minimum absolute atomic E-state index is 0.346. The van der Waals surface area contributed by atoms with Crippen LogP contribution in [0.2, 0.25) is 0 Å². The number of nitrogens with one attached hydrogen (secondary N) is 1. The number of anilines is 1. The van der Waals surface area contributed by atoms with Gasteiger partial charge < -0.3 is 15.0 Å². The van der Waals surface area contributed by atoms with Gasteiger partial charge in [0.15, 0.2) is 0 Å². The molecule has 0 aliphatic heterocycles. The number of hydrogen-bond acceptors (Lipinski definition) is 3. The number of hydrogen-bond donors (Lipinski definition) is 1. The van der Waals surface area contributed by atoms with Crippen LogP contribution in [0.3, 0.4) is 0 Å². The van der Waals surface area contributed by atoms with Crippen LogP contribution >= 0.6 is 15.9 Å². The van der Waals surface area contributed by atoms with Crippen LogP contribution in [0.4, 0.5) is 5.69 Å². The van der Waals surface area contributed by atoms with Crippen LogP contribution in [0.25, 0.3) is 0 Å². The Hall–Kier alpha value is -0.580. The number of ether oxygens (including phenoxy) is 1. The first-order valence-electron chi connectivity index (χ1n) is 7.99. The van der Waals surface area contributed by atoms with Crippen molar-refractivity contribution in [1.29, 1.82) is 0 Å². The van der Waals surface area contributed by atoms with E-state index >= 15 is 0 Å². The Bertz CT molecular complexity index is 412. The van der Waals surface area contributed by atoms with Crippen molar-refractivity contribution >= 4 is 21.6 Å². The lowest BCUT2D eigenvalue weighted by Gasteiger charge is -2.28. The maximum Gasteiger partial charge on any atom is 0.0641 e. The maximum atomic E-state index is 5.51. The van der Waals surface area contributed by atoms with Crippen LogP contribution in [0, 0.1) is 0 Å². The standard InChI is InChI=1S/C17H29BrN2O/c1-5-10-19-14(4)16-13-15(18)8-9-17(16)20(6-2)11-12-21-7-3/h8-9,13-14,19H,5-7,10-12H2,1-4H3. The van der Waals surface area contributed by atoms with E-state index in [1.54, 1.807) is 0 Å². The molecule has 1 N–H and O–H groups in total. The van der Waals surface area contributed by atoms with Gasteiger partial charge in [-0.15, -0.1) is 0 Å². The fourth-order valence-corrected chi connectivity index (χ4v) is 2.78. The van der Waals surface area contributed by atoms with Crippen molar-refractivity contribution in [2.75, 3.05) is 37.7 Å². The Balaban J connectivity index is 2.92. The summed E-state index contributed by atoms with van der Waals surface area (Å²) in [6.45, 7) is 13.2. The normalized spacial score (nSPS) is 12.4. The third-order valence-electron chi connectivity index (χ3n) is 3.59. The SMILES string of the molecule is CCCNC(C)c1cc(Br)ccc1N(CC)CCOCC. The molecule has 0 aromatic heterocycles. The lowest BCUT2D eigenvalue weighted by molar-refractivity contribution is 0.154. The molecule has 0 heterocycles. The van der Waals surface area contributed by atoms with Crippen LogP contribution in [0.5, 0.6) is 0 Å². The number of likely N-dealkylation sites (N-methyl/N-ethyl adjacent to an activating group) is 1. The van der Waals surface area contributed by atoms with E-state index in [1.807, 2.05) is 6.92 Å². The molecule has 0 aliphatic carbocycles. The summed E-state index contributed by atoms with van der Waals surface area (Å²) in [6, 6.07) is 6.90. The molecular weight excluding hydrogens is 328 g/mol. The Labute approximate surface area is 138 Å². The summed E-state index contributed by atoms with van der Waals surface area (Å²) in [5, 5.41) is 3.58. The van der Waals surface area contributed by atoms with Crippen molar-refractivity contribution in [3.05, 3.63) is 28.2 Å². The van der Waals surface area contributed by atoms with Gasteiger partial charge >= 0.3 is 0 Å².